The van der Waals surface area contributed by atoms with Crippen molar-refractivity contribution in [3.63, 3.8) is 0 Å². The largest absolute Gasteiger partial charge is 0.457 e. The molecule has 2 N–H and O–H groups in total. The number of nitrogens with one attached hydrogen (secondary N) is 2. The topological polar surface area (TPSA) is 130 Å². The molecule has 0 spiro atoms. The van der Waals surface area contributed by atoms with Crippen LogP contribution in [0.1, 0.15) is 46.5 Å². The fraction of sp³-hybridized carbons (Fsp3) is 0.568. The summed E-state index contributed by atoms with van der Waals surface area (Å²) < 4.78 is 5.64. The Kier molecular flexibility index (Phi) is 9.69. The van der Waals surface area contributed by atoms with E-state index in [0.29, 0.717) is 68.9 Å². The highest BCUT2D eigenvalue weighted by atomic mass is 16.5. The molecule has 6 atom stereocenters. The monoisotopic (exact) mass is 655 g/mol. The minimum Gasteiger partial charge on any atom is -0.457 e. The number of hydrogen-bond donors (Lipinski definition) is 2. The Bertz CT molecular complexity index is 1530. The van der Waals surface area contributed by atoms with Gasteiger partial charge in [0.15, 0.2) is 11.6 Å². The van der Waals surface area contributed by atoms with Crippen molar-refractivity contribution in [1.82, 2.24) is 19.9 Å². The summed E-state index contributed by atoms with van der Waals surface area (Å²) in [5, 5.41) is 6.25. The molecule has 6 rings (SSSR count). The number of allylic oxidation sites excluding steroid dienone is 6. The third kappa shape index (κ3) is 6.49. The van der Waals surface area contributed by atoms with Crippen molar-refractivity contribution >= 4 is 35.4 Å². The Morgan fingerprint density at radius 3 is 2.42 bits per heavy atom. The van der Waals surface area contributed by atoms with Crippen LogP contribution in [-0.2, 0) is 19.1 Å². The normalized spacial score (nSPS) is 31.1. The van der Waals surface area contributed by atoms with Crippen LogP contribution in [0.3, 0.4) is 0 Å². The Hall–Kier alpha value is -4.12. The molecular formula is C37H49N7O4. The molecule has 0 unspecified atom stereocenters. The summed E-state index contributed by atoms with van der Waals surface area (Å²) in [5.41, 5.74) is 2.27. The second-order valence-electron chi connectivity index (χ2n) is 14.4. The van der Waals surface area contributed by atoms with E-state index in [4.69, 9.17) is 4.74 Å². The molecule has 3 fully saturated rings. The van der Waals surface area contributed by atoms with Crippen molar-refractivity contribution in [2.75, 3.05) is 68.0 Å². The summed E-state index contributed by atoms with van der Waals surface area (Å²) in [4.78, 5) is 56.5. The standard InChI is InChI=1S/C37H49N7O4/c1-6-14-38-33-40-34(39-15-7-2)42-35(41-33)44-18-16-43(17-19-44)22-31(47)48-23-30(46)32-24(3)20-29-27-9-8-25-21-26(45)10-12-36(25,4)28(27)11-13-37(29,32)5/h6-7,10-12,21,24,27,29,32H,1-2,8-9,13-20,22-23H2,3-5H3,(H2,38,39,40,41,42)/t24-,27-,29+,32-,36+,37+/m1/s1. The molecule has 1 saturated heterocycles. The number of hydrogen-bond acceptors (Lipinski definition) is 11. The van der Waals surface area contributed by atoms with E-state index < -0.39 is 0 Å². The molecule has 2 heterocycles. The molecule has 0 bridgehead atoms. The predicted octanol–water partition coefficient (Wildman–Crippen LogP) is 4.39. The molecule has 11 heteroatoms. The summed E-state index contributed by atoms with van der Waals surface area (Å²) in [6, 6.07) is 0. The fourth-order valence-corrected chi connectivity index (χ4v) is 9.14. The van der Waals surface area contributed by atoms with E-state index in [-0.39, 0.29) is 53.4 Å². The molecular weight excluding hydrogens is 606 g/mol. The predicted molar refractivity (Wildman–Crippen MR) is 186 cm³/mol. The molecule has 0 aromatic carbocycles. The van der Waals surface area contributed by atoms with Crippen molar-refractivity contribution in [3.8, 4) is 0 Å². The Balaban J connectivity index is 1.03. The number of carbonyl (C=O) groups is 3. The van der Waals surface area contributed by atoms with Gasteiger partial charge in [-0.2, -0.15) is 15.0 Å². The van der Waals surface area contributed by atoms with Crippen LogP contribution in [0.2, 0.25) is 0 Å². The van der Waals surface area contributed by atoms with Gasteiger partial charge in [0, 0.05) is 50.6 Å². The van der Waals surface area contributed by atoms with E-state index in [1.54, 1.807) is 18.2 Å². The summed E-state index contributed by atoms with van der Waals surface area (Å²) in [5.74, 6) is 2.07. The van der Waals surface area contributed by atoms with E-state index in [0.717, 1.165) is 25.7 Å². The van der Waals surface area contributed by atoms with E-state index in [1.165, 1.54) is 11.1 Å². The number of piperazine rings is 1. The van der Waals surface area contributed by atoms with Gasteiger partial charge in [-0.05, 0) is 67.9 Å². The maximum atomic E-state index is 13.8. The lowest BCUT2D eigenvalue weighted by Crippen LogP contribution is -2.49. The maximum Gasteiger partial charge on any atom is 0.320 e. The Labute approximate surface area is 283 Å². The molecule has 1 aliphatic heterocycles. The van der Waals surface area contributed by atoms with Crippen molar-refractivity contribution in [2.45, 2.75) is 46.5 Å². The third-order valence-electron chi connectivity index (χ3n) is 11.5. The Morgan fingerprint density at radius 1 is 1.06 bits per heavy atom. The first-order chi connectivity index (χ1) is 23.1. The van der Waals surface area contributed by atoms with E-state index in [1.807, 2.05) is 11.0 Å². The molecule has 0 amide bonds. The Morgan fingerprint density at radius 2 is 1.75 bits per heavy atom. The van der Waals surface area contributed by atoms with Crippen LogP contribution < -0.4 is 15.5 Å². The van der Waals surface area contributed by atoms with Crippen molar-refractivity contribution in [3.05, 3.63) is 60.8 Å². The lowest BCUT2D eigenvalue weighted by molar-refractivity contribution is -0.151. The number of ether oxygens (including phenoxy) is 1. The maximum absolute atomic E-state index is 13.8. The molecule has 5 aliphatic rings. The molecule has 2 saturated carbocycles. The highest BCUT2D eigenvalue weighted by molar-refractivity contribution is 6.01. The number of aromatic nitrogens is 3. The van der Waals surface area contributed by atoms with Crippen molar-refractivity contribution in [1.29, 1.82) is 0 Å². The van der Waals surface area contributed by atoms with Crippen LogP contribution in [-0.4, -0.2) is 89.8 Å². The number of nitrogens with zero attached hydrogens (tertiary/aromatic N) is 5. The lowest BCUT2D eigenvalue weighted by Gasteiger charge is -2.52. The summed E-state index contributed by atoms with van der Waals surface area (Å²) in [6.45, 7) is 17.7. The molecule has 4 aliphatic carbocycles. The summed E-state index contributed by atoms with van der Waals surface area (Å²) in [6.07, 6.45) is 15.2. The van der Waals surface area contributed by atoms with E-state index in [9.17, 15) is 14.4 Å². The zero-order valence-electron chi connectivity index (χ0n) is 28.5. The number of fused-ring (bicyclic) bond motifs is 5. The van der Waals surface area contributed by atoms with Gasteiger partial charge in [0.05, 0.1) is 6.54 Å². The zero-order valence-corrected chi connectivity index (χ0v) is 28.5. The summed E-state index contributed by atoms with van der Waals surface area (Å²) in [7, 11) is 0. The van der Waals surface area contributed by atoms with Crippen LogP contribution >= 0.6 is 0 Å². The number of rotatable bonds is 12. The molecule has 0 radical (unpaired) electrons. The van der Waals surface area contributed by atoms with Gasteiger partial charge in [-0.3, -0.25) is 19.3 Å². The third-order valence-corrected chi connectivity index (χ3v) is 11.5. The molecule has 256 valence electrons. The minimum atomic E-state index is -0.375. The van der Waals surface area contributed by atoms with Gasteiger partial charge >= 0.3 is 5.97 Å². The number of anilines is 3. The second-order valence-corrected chi connectivity index (χ2v) is 14.4. The molecule has 48 heavy (non-hydrogen) atoms. The number of carbonyl (C=O) groups excluding carboxylic acids is 3. The molecule has 1 aromatic heterocycles. The van der Waals surface area contributed by atoms with Crippen LogP contribution in [0.5, 0.6) is 0 Å². The van der Waals surface area contributed by atoms with Gasteiger partial charge in [0.2, 0.25) is 17.8 Å². The van der Waals surface area contributed by atoms with E-state index >= 15 is 0 Å². The quantitative estimate of drug-likeness (QED) is 0.246. The second kappa shape index (κ2) is 13.8. The number of Topliss-reactive ketones (excluding diaryl/α,β-unsaturated/α-hetero) is 1. The average Bonchev–Trinajstić information content (AvgIpc) is 3.35. The van der Waals surface area contributed by atoms with Crippen LogP contribution in [0.4, 0.5) is 17.8 Å². The smallest absolute Gasteiger partial charge is 0.320 e. The molecule has 1 aromatic rings. The first-order valence-corrected chi connectivity index (χ1v) is 17.3. The SMILES string of the molecule is C=CCNc1nc(NCC=C)nc(N2CCN(CC(=O)OCC(=O)[C@H]3[C@H](C)C[C@H]4[C@@H]5CCC6=CC(=O)C=C[C@]6(C)C5=CC[C@@]43C)CC2)n1. The fourth-order valence-electron chi connectivity index (χ4n) is 9.14. The lowest BCUT2D eigenvalue weighted by atomic mass is 9.52. The van der Waals surface area contributed by atoms with Gasteiger partial charge in [-0.15, -0.1) is 13.2 Å². The highest BCUT2D eigenvalue weighted by Gasteiger charge is 2.59. The van der Waals surface area contributed by atoms with Crippen molar-refractivity contribution < 1.29 is 19.1 Å². The van der Waals surface area contributed by atoms with Gasteiger partial charge in [0.1, 0.15) is 6.61 Å². The number of esters is 1. The first-order valence-electron chi connectivity index (χ1n) is 17.3. The van der Waals surface area contributed by atoms with Crippen LogP contribution in [0.25, 0.3) is 0 Å². The first kappa shape index (κ1) is 33.8. The zero-order chi connectivity index (χ0) is 34.1. The van der Waals surface area contributed by atoms with Crippen molar-refractivity contribution in [2.24, 2.45) is 34.5 Å². The van der Waals surface area contributed by atoms with Crippen LogP contribution in [0, 0.1) is 34.5 Å². The summed E-state index contributed by atoms with van der Waals surface area (Å²) >= 11 is 0. The minimum absolute atomic E-state index is 0.0323. The average molecular weight is 656 g/mol. The van der Waals surface area contributed by atoms with Gasteiger partial charge in [-0.1, -0.05) is 49.3 Å². The van der Waals surface area contributed by atoms with Gasteiger partial charge < -0.3 is 20.3 Å². The highest BCUT2D eigenvalue weighted by Crippen LogP contribution is 2.65. The van der Waals surface area contributed by atoms with Gasteiger partial charge in [0.25, 0.3) is 0 Å². The number of ketones is 2. The van der Waals surface area contributed by atoms with Gasteiger partial charge in [-0.25, -0.2) is 0 Å². The van der Waals surface area contributed by atoms with Crippen LogP contribution in [0.15, 0.2) is 60.8 Å². The molecule has 11 nitrogen and oxygen atoms in total. The van der Waals surface area contributed by atoms with E-state index in [2.05, 4.69) is 76.6 Å².